The van der Waals surface area contributed by atoms with Crippen LogP contribution in [0.3, 0.4) is 0 Å². The highest BCUT2D eigenvalue weighted by molar-refractivity contribution is 5.84. The van der Waals surface area contributed by atoms with Gasteiger partial charge in [-0.3, -0.25) is 9.59 Å². The number of ether oxygens (including phenoxy) is 1. The number of carbonyl (C=O) groups excluding carboxylic acids is 1. The van der Waals surface area contributed by atoms with Crippen molar-refractivity contribution in [2.45, 2.75) is 45.4 Å². The average molecular weight is 280 g/mol. The predicted molar refractivity (Wildman–Crippen MR) is 75.1 cm³/mol. The highest BCUT2D eigenvalue weighted by Crippen LogP contribution is 2.52. The number of esters is 1. The molecule has 2 rings (SSSR count). The fourth-order valence-electron chi connectivity index (χ4n) is 3.59. The summed E-state index contributed by atoms with van der Waals surface area (Å²) in [6, 6.07) is 0. The van der Waals surface area contributed by atoms with Crippen molar-refractivity contribution in [1.29, 1.82) is 0 Å². The van der Waals surface area contributed by atoms with Crippen LogP contribution in [0.15, 0.2) is 12.2 Å². The zero-order chi connectivity index (χ0) is 14.5. The standard InChI is InChI=1S/C16H24O4/c1-2-3-10-20-16(19)14-12-9-7-5-4-6-8-11(12)13(14)15(17)18/h4-5,11-14H,2-3,6-10H2,1H3,(H,17,18)/b5-4+/t11-,12-,13-,14+/m0/s1. The summed E-state index contributed by atoms with van der Waals surface area (Å²) in [4.78, 5) is 23.6. The second-order valence-corrected chi connectivity index (χ2v) is 5.86. The molecule has 0 saturated heterocycles. The van der Waals surface area contributed by atoms with E-state index in [0.29, 0.717) is 6.61 Å². The molecule has 0 heterocycles. The lowest BCUT2D eigenvalue weighted by Gasteiger charge is -2.49. The van der Waals surface area contributed by atoms with Crippen LogP contribution in [0, 0.1) is 23.7 Å². The molecule has 4 atom stereocenters. The molecule has 0 spiro atoms. The molecular weight excluding hydrogens is 256 g/mol. The molecule has 0 aliphatic heterocycles. The largest absolute Gasteiger partial charge is 0.481 e. The van der Waals surface area contributed by atoms with Gasteiger partial charge in [-0.2, -0.15) is 0 Å². The van der Waals surface area contributed by atoms with Gasteiger partial charge in [-0.05, 0) is 43.9 Å². The maximum atomic E-state index is 12.2. The minimum absolute atomic E-state index is 0.140. The van der Waals surface area contributed by atoms with Gasteiger partial charge in [0.1, 0.15) is 0 Å². The van der Waals surface area contributed by atoms with Crippen LogP contribution >= 0.6 is 0 Å². The Kier molecular flexibility index (Phi) is 5.21. The van der Waals surface area contributed by atoms with E-state index in [9.17, 15) is 14.7 Å². The summed E-state index contributed by atoms with van der Waals surface area (Å²) in [6.45, 7) is 2.45. The van der Waals surface area contributed by atoms with E-state index in [-0.39, 0.29) is 17.8 Å². The summed E-state index contributed by atoms with van der Waals surface area (Å²) in [5, 5.41) is 9.40. The van der Waals surface area contributed by atoms with Crippen LogP contribution in [0.25, 0.3) is 0 Å². The number of allylic oxidation sites excluding steroid dienone is 2. The minimum atomic E-state index is -0.840. The number of hydrogen-bond donors (Lipinski definition) is 1. The Balaban J connectivity index is 2.03. The Morgan fingerprint density at radius 3 is 2.30 bits per heavy atom. The number of carboxylic acid groups (broad SMARTS) is 1. The minimum Gasteiger partial charge on any atom is -0.481 e. The van der Waals surface area contributed by atoms with Crippen molar-refractivity contribution in [2.75, 3.05) is 6.61 Å². The summed E-state index contributed by atoms with van der Waals surface area (Å²) in [5.41, 5.74) is 0. The van der Waals surface area contributed by atoms with E-state index in [0.717, 1.165) is 38.5 Å². The Morgan fingerprint density at radius 2 is 1.75 bits per heavy atom. The van der Waals surface area contributed by atoms with Gasteiger partial charge in [0, 0.05) is 0 Å². The van der Waals surface area contributed by atoms with Gasteiger partial charge in [0.25, 0.3) is 0 Å². The van der Waals surface area contributed by atoms with Gasteiger partial charge < -0.3 is 9.84 Å². The number of carboxylic acids is 1. The van der Waals surface area contributed by atoms with Gasteiger partial charge in [0.15, 0.2) is 0 Å². The second kappa shape index (κ2) is 6.91. The highest BCUT2D eigenvalue weighted by atomic mass is 16.5. The molecule has 4 nitrogen and oxygen atoms in total. The molecule has 0 unspecified atom stereocenters. The molecule has 1 fully saturated rings. The van der Waals surface area contributed by atoms with Gasteiger partial charge in [-0.25, -0.2) is 0 Å². The molecule has 0 amide bonds. The van der Waals surface area contributed by atoms with Crippen LogP contribution in [0.5, 0.6) is 0 Å². The number of carbonyl (C=O) groups is 2. The summed E-state index contributed by atoms with van der Waals surface area (Å²) in [6.07, 6.45) is 9.71. The number of aliphatic carboxylic acids is 1. The molecule has 0 radical (unpaired) electrons. The third-order valence-corrected chi connectivity index (χ3v) is 4.66. The Hall–Kier alpha value is -1.32. The number of unbranched alkanes of at least 4 members (excludes halogenated alkanes) is 1. The molecule has 2 aliphatic rings. The van der Waals surface area contributed by atoms with Gasteiger partial charge >= 0.3 is 11.9 Å². The molecule has 0 bridgehead atoms. The molecule has 1 N–H and O–H groups in total. The fraction of sp³-hybridized carbons (Fsp3) is 0.750. The smallest absolute Gasteiger partial charge is 0.310 e. The Morgan fingerprint density at radius 1 is 1.15 bits per heavy atom. The quantitative estimate of drug-likeness (QED) is 0.477. The molecule has 0 aromatic heterocycles. The third-order valence-electron chi connectivity index (χ3n) is 4.66. The van der Waals surface area contributed by atoms with E-state index in [1.165, 1.54) is 0 Å². The van der Waals surface area contributed by atoms with Crippen molar-refractivity contribution in [1.82, 2.24) is 0 Å². The lowest BCUT2D eigenvalue weighted by atomic mass is 9.53. The van der Waals surface area contributed by atoms with Crippen molar-refractivity contribution < 1.29 is 19.4 Å². The molecule has 4 heteroatoms. The molecule has 0 aromatic rings. The zero-order valence-corrected chi connectivity index (χ0v) is 12.1. The van der Waals surface area contributed by atoms with Crippen LogP contribution in [-0.2, 0) is 14.3 Å². The number of rotatable bonds is 5. The first kappa shape index (κ1) is 15.1. The van der Waals surface area contributed by atoms with Crippen LogP contribution < -0.4 is 0 Å². The number of fused-ring (bicyclic) bond motifs is 1. The maximum Gasteiger partial charge on any atom is 0.310 e. The zero-order valence-electron chi connectivity index (χ0n) is 12.1. The van der Waals surface area contributed by atoms with E-state index >= 15 is 0 Å². The molecule has 0 aromatic carbocycles. The number of hydrogen-bond acceptors (Lipinski definition) is 3. The topological polar surface area (TPSA) is 63.6 Å². The van der Waals surface area contributed by atoms with Gasteiger partial charge in [-0.1, -0.05) is 25.5 Å². The van der Waals surface area contributed by atoms with Crippen molar-refractivity contribution >= 4 is 11.9 Å². The Labute approximate surface area is 120 Å². The second-order valence-electron chi connectivity index (χ2n) is 5.86. The summed E-state index contributed by atoms with van der Waals surface area (Å²) in [5.74, 6) is -1.78. The normalized spacial score (nSPS) is 34.0. The molecule has 20 heavy (non-hydrogen) atoms. The third kappa shape index (κ3) is 3.05. The molecule has 2 aliphatic carbocycles. The monoisotopic (exact) mass is 280 g/mol. The molecule has 1 saturated carbocycles. The first-order chi connectivity index (χ1) is 9.66. The predicted octanol–water partition coefficient (Wildman–Crippen LogP) is 3.02. The van der Waals surface area contributed by atoms with Crippen molar-refractivity contribution in [3.8, 4) is 0 Å². The molecule has 112 valence electrons. The van der Waals surface area contributed by atoms with Gasteiger partial charge in [0.2, 0.25) is 0 Å². The van der Waals surface area contributed by atoms with E-state index in [2.05, 4.69) is 12.2 Å². The Bertz CT molecular complexity index is 388. The van der Waals surface area contributed by atoms with E-state index < -0.39 is 17.8 Å². The first-order valence-electron chi connectivity index (χ1n) is 7.71. The van der Waals surface area contributed by atoms with Crippen LogP contribution in [-0.4, -0.2) is 23.7 Å². The van der Waals surface area contributed by atoms with Crippen molar-refractivity contribution in [3.05, 3.63) is 12.2 Å². The van der Waals surface area contributed by atoms with Gasteiger partial charge in [-0.15, -0.1) is 0 Å². The van der Waals surface area contributed by atoms with Gasteiger partial charge in [0.05, 0.1) is 18.4 Å². The van der Waals surface area contributed by atoms with Crippen molar-refractivity contribution in [2.24, 2.45) is 23.7 Å². The van der Waals surface area contributed by atoms with Crippen LogP contribution in [0.1, 0.15) is 45.4 Å². The lowest BCUT2D eigenvalue weighted by Crippen LogP contribution is -2.54. The lowest BCUT2D eigenvalue weighted by molar-refractivity contribution is -0.180. The molecular formula is C16H24O4. The fourth-order valence-corrected chi connectivity index (χ4v) is 3.59. The first-order valence-corrected chi connectivity index (χ1v) is 7.71. The summed E-state index contributed by atoms with van der Waals surface area (Å²) >= 11 is 0. The van der Waals surface area contributed by atoms with Crippen LogP contribution in [0.2, 0.25) is 0 Å². The van der Waals surface area contributed by atoms with Crippen molar-refractivity contribution in [3.63, 3.8) is 0 Å². The highest BCUT2D eigenvalue weighted by Gasteiger charge is 2.57. The average Bonchev–Trinajstić information content (AvgIpc) is 2.37. The summed E-state index contributed by atoms with van der Waals surface area (Å²) in [7, 11) is 0. The summed E-state index contributed by atoms with van der Waals surface area (Å²) < 4.78 is 5.27. The maximum absolute atomic E-state index is 12.2. The van der Waals surface area contributed by atoms with E-state index in [4.69, 9.17) is 4.74 Å². The van der Waals surface area contributed by atoms with Crippen LogP contribution in [0.4, 0.5) is 0 Å². The SMILES string of the molecule is CCCCOC(=O)[C@@H]1[C@H]2CC/C=C/CC[C@@H]2[C@@H]1C(=O)O. The van der Waals surface area contributed by atoms with E-state index in [1.54, 1.807) is 0 Å². The van der Waals surface area contributed by atoms with E-state index in [1.807, 2.05) is 6.92 Å².